The molecular formula is C29H35N. The quantitative estimate of drug-likeness (QED) is 0.394. The molecule has 1 heteroatoms. The van der Waals surface area contributed by atoms with Crippen molar-refractivity contribution in [2.75, 3.05) is 0 Å². The molecule has 0 radical (unpaired) electrons. The predicted molar refractivity (Wildman–Crippen MR) is 133 cm³/mol. The molecule has 1 N–H and O–H groups in total. The van der Waals surface area contributed by atoms with E-state index in [9.17, 15) is 0 Å². The number of rotatable bonds is 7. The average Bonchev–Trinajstić information content (AvgIpc) is 2.72. The Bertz CT molecular complexity index is 1020. The molecule has 2 aromatic rings. The molecule has 0 unspecified atom stereocenters. The molecule has 2 rings (SSSR count). The second kappa shape index (κ2) is 10.2. The van der Waals surface area contributed by atoms with Crippen LogP contribution in [-0.2, 0) is 12.8 Å². The van der Waals surface area contributed by atoms with E-state index < -0.39 is 5.54 Å². The molecule has 0 aliphatic heterocycles. The summed E-state index contributed by atoms with van der Waals surface area (Å²) in [5.41, 5.74) is 8.82. The molecule has 0 saturated heterocycles. The number of hydrogen-bond acceptors (Lipinski definition) is 1. The number of allylic oxidation sites excluding steroid dienone is 1. The maximum Gasteiger partial charge on any atom is 0.0933 e. The van der Waals surface area contributed by atoms with E-state index in [0.29, 0.717) is 0 Å². The molecule has 30 heavy (non-hydrogen) atoms. The minimum Gasteiger partial charge on any atom is -0.369 e. The highest BCUT2D eigenvalue weighted by molar-refractivity contribution is 5.64. The first-order valence-corrected chi connectivity index (χ1v) is 10.7. The zero-order valence-electron chi connectivity index (χ0n) is 19.4. The van der Waals surface area contributed by atoms with Gasteiger partial charge in [-0.2, -0.15) is 0 Å². The van der Waals surface area contributed by atoms with Crippen LogP contribution >= 0.6 is 0 Å². The summed E-state index contributed by atoms with van der Waals surface area (Å²) in [7, 11) is 0. The van der Waals surface area contributed by atoms with Crippen molar-refractivity contribution in [3.63, 3.8) is 0 Å². The van der Waals surface area contributed by atoms with E-state index in [1.165, 1.54) is 27.8 Å². The van der Waals surface area contributed by atoms with Gasteiger partial charge in [-0.15, -0.1) is 0 Å². The third-order valence-electron chi connectivity index (χ3n) is 5.46. The van der Waals surface area contributed by atoms with Crippen LogP contribution in [0.15, 0.2) is 66.9 Å². The summed E-state index contributed by atoms with van der Waals surface area (Å²) in [4.78, 5) is 0. The van der Waals surface area contributed by atoms with Gasteiger partial charge in [-0.25, -0.2) is 0 Å². The van der Waals surface area contributed by atoms with Gasteiger partial charge >= 0.3 is 0 Å². The highest BCUT2D eigenvalue weighted by Gasteiger charge is 2.16. The lowest BCUT2D eigenvalue weighted by Crippen LogP contribution is -2.37. The SMILES string of the molecule is C=C/C(=C\c1cccc(C)c1C)C(=C)NC(C)(C)C#Cc1cc(CC)ccc1CC. The minimum absolute atomic E-state index is 0.423. The molecule has 0 bridgehead atoms. The van der Waals surface area contributed by atoms with Gasteiger partial charge in [0.15, 0.2) is 0 Å². The summed E-state index contributed by atoms with van der Waals surface area (Å²) in [5, 5.41) is 3.49. The van der Waals surface area contributed by atoms with Gasteiger partial charge in [0, 0.05) is 11.3 Å². The number of benzene rings is 2. The molecule has 0 aromatic heterocycles. The van der Waals surface area contributed by atoms with E-state index in [-0.39, 0.29) is 0 Å². The largest absolute Gasteiger partial charge is 0.369 e. The van der Waals surface area contributed by atoms with E-state index in [1.807, 2.05) is 6.08 Å². The Balaban J connectivity index is 2.27. The predicted octanol–water partition coefficient (Wildman–Crippen LogP) is 6.93. The zero-order chi connectivity index (χ0) is 22.3. The fourth-order valence-electron chi connectivity index (χ4n) is 3.34. The second-order valence-electron chi connectivity index (χ2n) is 8.27. The topological polar surface area (TPSA) is 12.0 Å². The fraction of sp³-hybridized carbons (Fsp3) is 0.310. The van der Waals surface area contributed by atoms with Crippen LogP contribution in [0.25, 0.3) is 6.08 Å². The zero-order valence-corrected chi connectivity index (χ0v) is 19.4. The van der Waals surface area contributed by atoms with Crippen molar-refractivity contribution in [3.05, 3.63) is 100 Å². The Morgan fingerprint density at radius 3 is 2.47 bits per heavy atom. The van der Waals surface area contributed by atoms with Crippen LogP contribution in [0.4, 0.5) is 0 Å². The lowest BCUT2D eigenvalue weighted by molar-refractivity contribution is 0.558. The Morgan fingerprint density at radius 2 is 1.83 bits per heavy atom. The van der Waals surface area contributed by atoms with Crippen molar-refractivity contribution in [2.45, 2.75) is 59.9 Å². The van der Waals surface area contributed by atoms with Gasteiger partial charge in [0.2, 0.25) is 0 Å². The maximum absolute atomic E-state index is 4.26. The number of aryl methyl sites for hydroxylation is 3. The standard InChI is InChI=1S/C29H35N/c1-9-24-15-16-25(10-2)28(19-24)17-18-29(7,8)30-23(6)26(11-3)20-27-14-12-13-21(4)22(27)5/h11-16,19-20,30H,3,6,9-10H2,1-2,4-5,7-8H3/b26-20+. The van der Waals surface area contributed by atoms with Gasteiger partial charge in [-0.05, 0) is 86.1 Å². The van der Waals surface area contributed by atoms with Gasteiger partial charge in [0.25, 0.3) is 0 Å². The van der Waals surface area contributed by atoms with Crippen LogP contribution in [0.1, 0.15) is 61.1 Å². The van der Waals surface area contributed by atoms with Gasteiger partial charge < -0.3 is 5.32 Å². The van der Waals surface area contributed by atoms with Crippen LogP contribution in [0, 0.1) is 25.7 Å². The normalized spacial score (nSPS) is 11.5. The Labute approximate surface area is 183 Å². The Hall–Kier alpha value is -2.98. The van der Waals surface area contributed by atoms with Crippen LogP contribution in [0.2, 0.25) is 0 Å². The summed E-state index contributed by atoms with van der Waals surface area (Å²) in [6.07, 6.45) is 5.98. The summed E-state index contributed by atoms with van der Waals surface area (Å²) >= 11 is 0. The van der Waals surface area contributed by atoms with Crippen LogP contribution in [0.5, 0.6) is 0 Å². The molecule has 0 saturated carbocycles. The van der Waals surface area contributed by atoms with Crippen molar-refractivity contribution < 1.29 is 0 Å². The van der Waals surface area contributed by atoms with E-state index >= 15 is 0 Å². The molecule has 156 valence electrons. The minimum atomic E-state index is -0.423. The molecule has 2 aromatic carbocycles. The highest BCUT2D eigenvalue weighted by atomic mass is 15.0. The van der Waals surface area contributed by atoms with E-state index in [2.05, 4.69) is 114 Å². The number of hydrogen-bond donors (Lipinski definition) is 1. The van der Waals surface area contributed by atoms with E-state index in [0.717, 1.165) is 29.7 Å². The van der Waals surface area contributed by atoms with Crippen molar-refractivity contribution in [3.8, 4) is 11.8 Å². The first-order chi connectivity index (χ1) is 14.2. The summed E-state index contributed by atoms with van der Waals surface area (Å²) in [5.74, 6) is 6.82. The van der Waals surface area contributed by atoms with Crippen LogP contribution in [-0.4, -0.2) is 5.54 Å². The molecule has 0 aliphatic carbocycles. The van der Waals surface area contributed by atoms with Crippen molar-refractivity contribution >= 4 is 6.08 Å². The Kier molecular flexibility index (Phi) is 7.90. The number of nitrogens with one attached hydrogen (secondary N) is 1. The molecule has 0 amide bonds. The summed E-state index contributed by atoms with van der Waals surface area (Å²) < 4.78 is 0. The van der Waals surface area contributed by atoms with Crippen LogP contribution in [0.3, 0.4) is 0 Å². The molecule has 0 spiro atoms. The molecule has 1 nitrogen and oxygen atoms in total. The Morgan fingerprint density at radius 1 is 1.10 bits per heavy atom. The highest BCUT2D eigenvalue weighted by Crippen LogP contribution is 2.20. The third-order valence-corrected chi connectivity index (χ3v) is 5.46. The summed E-state index contributed by atoms with van der Waals surface area (Å²) in [6, 6.07) is 12.9. The second-order valence-corrected chi connectivity index (χ2v) is 8.27. The van der Waals surface area contributed by atoms with Gasteiger partial charge in [0.1, 0.15) is 0 Å². The fourth-order valence-corrected chi connectivity index (χ4v) is 3.34. The van der Waals surface area contributed by atoms with E-state index in [1.54, 1.807) is 0 Å². The maximum atomic E-state index is 4.26. The van der Waals surface area contributed by atoms with Crippen molar-refractivity contribution in [1.82, 2.24) is 5.32 Å². The van der Waals surface area contributed by atoms with Crippen molar-refractivity contribution in [1.29, 1.82) is 0 Å². The molecule has 0 aliphatic rings. The monoisotopic (exact) mass is 397 g/mol. The van der Waals surface area contributed by atoms with Crippen LogP contribution < -0.4 is 5.32 Å². The average molecular weight is 398 g/mol. The first kappa shape index (κ1) is 23.3. The lowest BCUT2D eigenvalue weighted by atomic mass is 9.98. The van der Waals surface area contributed by atoms with Gasteiger partial charge in [-0.3, -0.25) is 0 Å². The first-order valence-electron chi connectivity index (χ1n) is 10.7. The van der Waals surface area contributed by atoms with Gasteiger partial charge in [-0.1, -0.05) is 75.3 Å². The molecule has 0 fully saturated rings. The lowest BCUT2D eigenvalue weighted by Gasteiger charge is -2.24. The van der Waals surface area contributed by atoms with Crippen molar-refractivity contribution in [2.24, 2.45) is 0 Å². The molecular weight excluding hydrogens is 362 g/mol. The molecule has 0 atom stereocenters. The van der Waals surface area contributed by atoms with Gasteiger partial charge in [0.05, 0.1) is 5.54 Å². The third kappa shape index (κ3) is 6.01. The van der Waals surface area contributed by atoms with E-state index in [4.69, 9.17) is 0 Å². The smallest absolute Gasteiger partial charge is 0.0933 e. The summed E-state index contributed by atoms with van der Waals surface area (Å²) in [6.45, 7) is 21.0. The molecule has 0 heterocycles.